The van der Waals surface area contributed by atoms with Crippen LogP contribution in [0.2, 0.25) is 0 Å². The van der Waals surface area contributed by atoms with E-state index in [9.17, 15) is 4.79 Å². The van der Waals surface area contributed by atoms with Gasteiger partial charge in [0.2, 0.25) is 0 Å². The first-order valence-electron chi connectivity index (χ1n) is 7.27. The number of carbonyl (C=O) groups is 1. The topological polar surface area (TPSA) is 68.8 Å². The molecule has 138 valence electrons. The van der Waals surface area contributed by atoms with E-state index in [-0.39, 0.29) is 5.11 Å². The summed E-state index contributed by atoms with van der Waals surface area (Å²) in [5.74, 6) is 1.18. The van der Waals surface area contributed by atoms with E-state index in [1.165, 1.54) is 7.11 Å². The monoisotopic (exact) mass is 502 g/mol. The maximum absolute atomic E-state index is 12.6. The largest absolute Gasteiger partial charge is 0.497 e. The molecule has 26 heavy (non-hydrogen) atoms. The lowest BCUT2D eigenvalue weighted by molar-refractivity contribution is 0.0974. The molecule has 0 saturated carbocycles. The molecule has 9 heteroatoms. The molecule has 2 aromatic rings. The van der Waals surface area contributed by atoms with Gasteiger partial charge in [-0.15, -0.1) is 0 Å². The number of methoxy groups -OCH3 is 3. The van der Waals surface area contributed by atoms with Gasteiger partial charge < -0.3 is 19.5 Å². The van der Waals surface area contributed by atoms with Crippen molar-refractivity contribution in [2.24, 2.45) is 0 Å². The molecule has 0 aliphatic carbocycles. The van der Waals surface area contributed by atoms with Crippen molar-refractivity contribution in [3.63, 3.8) is 0 Å². The second-order valence-corrected chi connectivity index (χ2v) is 7.12. The van der Waals surface area contributed by atoms with Crippen LogP contribution in [-0.2, 0) is 0 Å². The Morgan fingerprint density at radius 3 is 2.38 bits per heavy atom. The summed E-state index contributed by atoms with van der Waals surface area (Å²) in [5.41, 5.74) is 0.898. The zero-order valence-electron chi connectivity index (χ0n) is 14.2. The first kappa shape index (κ1) is 20.5. The molecule has 2 rings (SSSR count). The number of ether oxygens (including phenoxy) is 3. The minimum absolute atomic E-state index is 0.111. The Morgan fingerprint density at radius 2 is 1.77 bits per heavy atom. The Hall–Kier alpha value is -1.84. The molecule has 0 aliphatic rings. The highest BCUT2D eigenvalue weighted by molar-refractivity contribution is 9.11. The summed E-state index contributed by atoms with van der Waals surface area (Å²) in [7, 11) is 4.59. The van der Waals surface area contributed by atoms with E-state index in [1.54, 1.807) is 44.6 Å². The van der Waals surface area contributed by atoms with Crippen LogP contribution in [0.1, 0.15) is 10.4 Å². The molecule has 2 N–H and O–H groups in total. The van der Waals surface area contributed by atoms with Crippen LogP contribution in [0, 0.1) is 0 Å². The van der Waals surface area contributed by atoms with Crippen LogP contribution >= 0.6 is 44.1 Å². The van der Waals surface area contributed by atoms with Crippen LogP contribution in [0.4, 0.5) is 5.69 Å². The molecule has 0 aliphatic heterocycles. The summed E-state index contributed by atoms with van der Waals surface area (Å²) in [4.78, 5) is 12.6. The van der Waals surface area contributed by atoms with Crippen LogP contribution in [0.3, 0.4) is 0 Å². The van der Waals surface area contributed by atoms with E-state index < -0.39 is 5.91 Å². The highest BCUT2D eigenvalue weighted by Gasteiger charge is 2.18. The minimum Gasteiger partial charge on any atom is -0.497 e. The number of thiocarbonyl (C=S) groups is 1. The van der Waals surface area contributed by atoms with E-state index in [0.717, 1.165) is 4.47 Å². The van der Waals surface area contributed by atoms with Crippen LogP contribution in [0.25, 0.3) is 0 Å². The fraction of sp³-hybridized carbons (Fsp3) is 0.176. The highest BCUT2D eigenvalue weighted by atomic mass is 79.9. The molecule has 0 atom stereocenters. The van der Waals surface area contributed by atoms with Gasteiger partial charge in [-0.3, -0.25) is 10.1 Å². The first-order valence-corrected chi connectivity index (χ1v) is 9.26. The molecule has 0 bridgehead atoms. The van der Waals surface area contributed by atoms with Crippen molar-refractivity contribution in [1.29, 1.82) is 0 Å². The van der Waals surface area contributed by atoms with Gasteiger partial charge in [-0.25, -0.2) is 0 Å². The lowest BCUT2D eigenvalue weighted by atomic mass is 10.2. The van der Waals surface area contributed by atoms with Gasteiger partial charge in [0.05, 0.1) is 37.1 Å². The van der Waals surface area contributed by atoms with Gasteiger partial charge in [-0.2, -0.15) is 0 Å². The number of hydrogen-bond acceptors (Lipinski definition) is 5. The molecule has 0 fully saturated rings. The molecule has 6 nitrogen and oxygen atoms in total. The maximum atomic E-state index is 12.6. The summed E-state index contributed by atoms with van der Waals surface area (Å²) in [6.45, 7) is 0. The number of hydrogen-bond donors (Lipinski definition) is 2. The molecule has 0 unspecified atom stereocenters. The van der Waals surface area contributed by atoms with Crippen molar-refractivity contribution in [3.05, 3.63) is 44.8 Å². The molecule has 0 heterocycles. The summed E-state index contributed by atoms with van der Waals surface area (Å²) in [5, 5.41) is 5.67. The number of benzene rings is 2. The lowest BCUT2D eigenvalue weighted by Gasteiger charge is -2.15. The fourth-order valence-electron chi connectivity index (χ4n) is 2.17. The Kier molecular flexibility index (Phi) is 7.24. The van der Waals surface area contributed by atoms with Gasteiger partial charge >= 0.3 is 0 Å². The van der Waals surface area contributed by atoms with Crippen molar-refractivity contribution in [2.75, 3.05) is 26.6 Å². The van der Waals surface area contributed by atoms with E-state index in [4.69, 9.17) is 26.4 Å². The van der Waals surface area contributed by atoms with E-state index >= 15 is 0 Å². The van der Waals surface area contributed by atoms with Gasteiger partial charge in [0.15, 0.2) is 5.11 Å². The summed E-state index contributed by atoms with van der Waals surface area (Å²) in [6.07, 6.45) is 0. The van der Waals surface area contributed by atoms with Crippen LogP contribution in [-0.4, -0.2) is 32.3 Å². The molecule has 0 spiro atoms. The van der Waals surface area contributed by atoms with Crippen LogP contribution < -0.4 is 24.8 Å². The Labute approximate surface area is 173 Å². The highest BCUT2D eigenvalue weighted by Crippen LogP contribution is 2.33. The van der Waals surface area contributed by atoms with Gasteiger partial charge in [-0.1, -0.05) is 15.9 Å². The molecular formula is C17H16Br2N2O4S. The van der Waals surface area contributed by atoms with Gasteiger partial charge in [0, 0.05) is 10.5 Å². The van der Waals surface area contributed by atoms with Crippen molar-refractivity contribution < 1.29 is 19.0 Å². The van der Waals surface area contributed by atoms with Crippen molar-refractivity contribution in [1.82, 2.24) is 5.32 Å². The number of carbonyl (C=O) groups excluding carboxylic acids is 1. The van der Waals surface area contributed by atoms with Crippen molar-refractivity contribution in [2.45, 2.75) is 0 Å². The van der Waals surface area contributed by atoms with E-state index in [1.807, 2.05) is 0 Å². The number of amides is 1. The van der Waals surface area contributed by atoms with Crippen LogP contribution in [0.15, 0.2) is 39.3 Å². The molecular weight excluding hydrogens is 488 g/mol. The molecule has 2 aromatic carbocycles. The first-order chi connectivity index (χ1) is 12.4. The average molecular weight is 504 g/mol. The Bertz CT molecular complexity index is 846. The summed E-state index contributed by atoms with van der Waals surface area (Å²) >= 11 is 12.0. The van der Waals surface area contributed by atoms with E-state index in [2.05, 4.69) is 42.5 Å². The molecule has 0 saturated heterocycles. The standard InChI is InChI=1S/C17H16Br2N2O4S/c1-23-10-4-5-14(24-2)13(8-10)20-17(26)21-16(22)11-6-9(18)7-12(19)15(11)25-3/h4-8H,1-3H3,(H2,20,21,22,26). The summed E-state index contributed by atoms with van der Waals surface area (Å²) < 4.78 is 17.1. The predicted molar refractivity (Wildman–Crippen MR) is 112 cm³/mol. The second-order valence-electron chi connectivity index (χ2n) is 4.94. The number of rotatable bonds is 5. The van der Waals surface area contributed by atoms with Crippen molar-refractivity contribution in [3.8, 4) is 17.2 Å². The van der Waals surface area contributed by atoms with E-state index in [0.29, 0.717) is 33.0 Å². The molecule has 1 amide bonds. The maximum Gasteiger partial charge on any atom is 0.261 e. The third kappa shape index (κ3) is 4.87. The Balaban J connectivity index is 2.20. The quantitative estimate of drug-likeness (QED) is 0.590. The zero-order valence-corrected chi connectivity index (χ0v) is 18.2. The zero-order chi connectivity index (χ0) is 19.3. The smallest absolute Gasteiger partial charge is 0.261 e. The van der Waals surface area contributed by atoms with Crippen LogP contribution in [0.5, 0.6) is 17.2 Å². The normalized spacial score (nSPS) is 10.0. The Morgan fingerprint density at radius 1 is 1.04 bits per heavy atom. The fourth-order valence-corrected chi connectivity index (χ4v) is 3.76. The summed E-state index contributed by atoms with van der Waals surface area (Å²) in [6, 6.07) is 8.64. The minimum atomic E-state index is -0.414. The second kappa shape index (κ2) is 9.20. The van der Waals surface area contributed by atoms with Gasteiger partial charge in [0.25, 0.3) is 5.91 Å². The predicted octanol–water partition coefficient (Wildman–Crippen LogP) is 4.36. The number of halogens is 2. The lowest BCUT2D eigenvalue weighted by Crippen LogP contribution is -2.34. The molecule has 0 radical (unpaired) electrons. The van der Waals surface area contributed by atoms with Gasteiger partial charge in [0.1, 0.15) is 17.2 Å². The number of anilines is 1. The third-order valence-electron chi connectivity index (χ3n) is 3.34. The van der Waals surface area contributed by atoms with Crippen molar-refractivity contribution >= 4 is 60.8 Å². The average Bonchev–Trinajstić information content (AvgIpc) is 2.60. The number of nitrogens with one attached hydrogen (secondary N) is 2. The molecule has 0 aromatic heterocycles. The third-order valence-corrected chi connectivity index (χ3v) is 4.59. The SMILES string of the molecule is COc1ccc(OC)c(NC(=S)NC(=O)c2cc(Br)cc(Br)c2OC)c1. The van der Waals surface area contributed by atoms with Gasteiger partial charge in [-0.05, 0) is 52.4 Å².